The van der Waals surface area contributed by atoms with E-state index in [1.807, 2.05) is 54.6 Å². The fraction of sp³-hybridized carbons (Fsp3) is 0.231. The maximum absolute atomic E-state index is 13.1. The molecule has 0 spiro atoms. The minimum Gasteiger partial charge on any atom is -0.452 e. The van der Waals surface area contributed by atoms with Crippen molar-refractivity contribution < 1.29 is 22.7 Å². The highest BCUT2D eigenvalue weighted by Crippen LogP contribution is 2.27. The second-order valence-corrected chi connectivity index (χ2v) is 10.7. The van der Waals surface area contributed by atoms with E-state index in [2.05, 4.69) is 0 Å². The van der Waals surface area contributed by atoms with Gasteiger partial charge in [-0.25, -0.2) is 13.2 Å². The molecule has 0 N–H and O–H groups in total. The Balaban J connectivity index is 1.47. The summed E-state index contributed by atoms with van der Waals surface area (Å²) in [4.78, 5) is 27.0. The van der Waals surface area contributed by atoms with Gasteiger partial charge in [0.25, 0.3) is 5.91 Å². The molecule has 0 fully saturated rings. The summed E-state index contributed by atoms with van der Waals surface area (Å²) < 4.78 is 32.6. The van der Waals surface area contributed by atoms with Crippen LogP contribution < -0.4 is 4.90 Å². The number of benzene rings is 3. The first-order valence-electron chi connectivity index (χ1n) is 11.1. The van der Waals surface area contributed by atoms with E-state index in [1.54, 1.807) is 4.90 Å². The van der Waals surface area contributed by atoms with Crippen LogP contribution in [0.2, 0.25) is 5.02 Å². The van der Waals surface area contributed by atoms with Crippen LogP contribution in [0, 0.1) is 0 Å². The number of anilines is 1. The summed E-state index contributed by atoms with van der Waals surface area (Å²) in [5.74, 6) is -1.22. The number of ether oxygens (including phenoxy) is 1. The number of esters is 1. The fourth-order valence-corrected chi connectivity index (χ4v) is 5.38. The molecule has 35 heavy (non-hydrogen) atoms. The third-order valence-electron chi connectivity index (χ3n) is 5.85. The summed E-state index contributed by atoms with van der Waals surface area (Å²) >= 11 is 6.18. The monoisotopic (exact) mass is 512 g/mol. The molecule has 1 amide bonds. The number of carbonyl (C=O) groups is 2. The van der Waals surface area contributed by atoms with Crippen molar-refractivity contribution in [3.05, 3.63) is 94.5 Å². The molecule has 1 aliphatic heterocycles. The van der Waals surface area contributed by atoms with Gasteiger partial charge in [0.1, 0.15) is 0 Å². The standard InChI is InChI=1S/C26H25ClN2O5S/c1-28(17-19-8-3-2-4-9-19)35(32,33)21-13-14-23(27)22(16-21)26(31)34-18-25(30)29-15-7-11-20-10-5-6-12-24(20)29/h2-6,8-10,12-14,16H,7,11,15,17-18H2,1H3. The summed E-state index contributed by atoms with van der Waals surface area (Å²) in [6, 6.07) is 20.6. The SMILES string of the molecule is CN(Cc1ccccc1)S(=O)(=O)c1ccc(Cl)c(C(=O)OCC(=O)N2CCCc3ccccc32)c1. The summed E-state index contributed by atoms with van der Waals surface area (Å²) in [6.45, 7) is 0.224. The second-order valence-electron chi connectivity index (χ2n) is 8.24. The lowest BCUT2D eigenvalue weighted by atomic mass is 10.0. The molecule has 0 radical (unpaired) electrons. The van der Waals surface area contributed by atoms with Crippen LogP contribution in [0.15, 0.2) is 77.7 Å². The lowest BCUT2D eigenvalue weighted by Gasteiger charge is -2.29. The number of rotatable bonds is 7. The molecule has 0 atom stereocenters. The maximum Gasteiger partial charge on any atom is 0.340 e. The molecule has 4 rings (SSSR count). The highest BCUT2D eigenvalue weighted by molar-refractivity contribution is 7.89. The van der Waals surface area contributed by atoms with Gasteiger partial charge in [-0.2, -0.15) is 4.31 Å². The van der Waals surface area contributed by atoms with Crippen molar-refractivity contribution >= 4 is 39.2 Å². The average Bonchev–Trinajstić information content (AvgIpc) is 2.87. The molecule has 1 aliphatic rings. The Morgan fingerprint density at radius 1 is 1.03 bits per heavy atom. The van der Waals surface area contributed by atoms with Crippen molar-refractivity contribution in [2.75, 3.05) is 25.1 Å². The molecule has 0 aliphatic carbocycles. The highest BCUT2D eigenvalue weighted by Gasteiger charge is 2.26. The largest absolute Gasteiger partial charge is 0.452 e. The molecule has 3 aromatic rings. The Kier molecular flexibility index (Phi) is 7.54. The van der Waals surface area contributed by atoms with Gasteiger partial charge in [0.05, 0.1) is 15.5 Å². The number of para-hydroxylation sites is 1. The maximum atomic E-state index is 13.1. The predicted octanol–water partition coefficient (Wildman–Crippen LogP) is 4.30. The first-order valence-corrected chi connectivity index (χ1v) is 12.9. The predicted molar refractivity (Wildman–Crippen MR) is 134 cm³/mol. The van der Waals surface area contributed by atoms with Gasteiger partial charge in [0.2, 0.25) is 10.0 Å². The van der Waals surface area contributed by atoms with Gasteiger partial charge in [0, 0.05) is 25.8 Å². The van der Waals surface area contributed by atoms with E-state index in [0.717, 1.165) is 29.7 Å². The zero-order chi connectivity index (χ0) is 25.0. The molecule has 0 bridgehead atoms. The Hall–Kier alpha value is -3.20. The molecule has 0 saturated heterocycles. The zero-order valence-electron chi connectivity index (χ0n) is 19.2. The number of halogens is 1. The van der Waals surface area contributed by atoms with E-state index in [9.17, 15) is 18.0 Å². The van der Waals surface area contributed by atoms with Crippen LogP contribution in [-0.4, -0.2) is 44.8 Å². The number of hydrogen-bond donors (Lipinski definition) is 0. The Bertz CT molecular complexity index is 1340. The molecule has 7 nitrogen and oxygen atoms in total. The molecule has 3 aromatic carbocycles. The van der Waals surface area contributed by atoms with Crippen LogP contribution in [-0.2, 0) is 32.5 Å². The first kappa shape index (κ1) is 24.9. The Morgan fingerprint density at radius 2 is 1.74 bits per heavy atom. The average molecular weight is 513 g/mol. The Morgan fingerprint density at radius 3 is 2.51 bits per heavy atom. The Labute approximate surface area is 209 Å². The van der Waals surface area contributed by atoms with Gasteiger partial charge >= 0.3 is 5.97 Å². The van der Waals surface area contributed by atoms with E-state index in [4.69, 9.17) is 16.3 Å². The number of aryl methyl sites for hydroxylation is 1. The van der Waals surface area contributed by atoms with Gasteiger partial charge < -0.3 is 9.64 Å². The van der Waals surface area contributed by atoms with Crippen LogP contribution in [0.3, 0.4) is 0 Å². The van der Waals surface area contributed by atoms with E-state index in [0.29, 0.717) is 6.54 Å². The van der Waals surface area contributed by atoms with Crippen LogP contribution in [0.25, 0.3) is 0 Å². The number of carbonyl (C=O) groups excluding carboxylic acids is 2. The number of hydrogen-bond acceptors (Lipinski definition) is 5. The molecule has 1 heterocycles. The minimum atomic E-state index is -3.90. The summed E-state index contributed by atoms with van der Waals surface area (Å²) in [5.41, 5.74) is 2.59. The normalized spacial score (nSPS) is 13.4. The van der Waals surface area contributed by atoms with Gasteiger partial charge in [0.15, 0.2) is 6.61 Å². The third kappa shape index (κ3) is 5.56. The van der Waals surface area contributed by atoms with Crippen molar-refractivity contribution in [2.24, 2.45) is 0 Å². The van der Waals surface area contributed by atoms with Crippen molar-refractivity contribution in [2.45, 2.75) is 24.3 Å². The molecule has 0 aromatic heterocycles. The number of fused-ring (bicyclic) bond motifs is 1. The van der Waals surface area contributed by atoms with Crippen LogP contribution in [0.1, 0.15) is 27.9 Å². The van der Waals surface area contributed by atoms with Crippen molar-refractivity contribution in [1.82, 2.24) is 4.31 Å². The number of nitrogens with zero attached hydrogens (tertiary/aromatic N) is 2. The quantitative estimate of drug-likeness (QED) is 0.441. The van der Waals surface area contributed by atoms with Gasteiger partial charge in [-0.05, 0) is 48.2 Å². The molecular weight excluding hydrogens is 488 g/mol. The van der Waals surface area contributed by atoms with Crippen molar-refractivity contribution in [3.8, 4) is 0 Å². The molecule has 0 saturated carbocycles. The van der Waals surface area contributed by atoms with E-state index >= 15 is 0 Å². The number of amides is 1. The summed E-state index contributed by atoms with van der Waals surface area (Å²) in [5, 5.41) is 0.0374. The summed E-state index contributed by atoms with van der Waals surface area (Å²) in [6.07, 6.45) is 1.70. The zero-order valence-corrected chi connectivity index (χ0v) is 20.8. The van der Waals surface area contributed by atoms with Crippen LogP contribution in [0.5, 0.6) is 0 Å². The molecule has 182 valence electrons. The van der Waals surface area contributed by atoms with E-state index < -0.39 is 22.6 Å². The van der Waals surface area contributed by atoms with Crippen LogP contribution in [0.4, 0.5) is 5.69 Å². The van der Waals surface area contributed by atoms with Gasteiger partial charge in [-0.1, -0.05) is 60.1 Å². The van der Waals surface area contributed by atoms with Crippen molar-refractivity contribution in [3.63, 3.8) is 0 Å². The fourth-order valence-electron chi connectivity index (χ4n) is 4.00. The van der Waals surface area contributed by atoms with Crippen LogP contribution >= 0.6 is 11.6 Å². The van der Waals surface area contributed by atoms with Gasteiger partial charge in [-0.15, -0.1) is 0 Å². The van der Waals surface area contributed by atoms with Gasteiger partial charge in [-0.3, -0.25) is 4.79 Å². The minimum absolute atomic E-state index is 0.0374. The lowest BCUT2D eigenvalue weighted by molar-refractivity contribution is -0.121. The third-order valence-corrected chi connectivity index (χ3v) is 7.98. The smallest absolute Gasteiger partial charge is 0.340 e. The molecular formula is C26H25ClN2O5S. The first-order chi connectivity index (χ1) is 16.8. The van der Waals surface area contributed by atoms with E-state index in [-0.39, 0.29) is 27.9 Å². The van der Waals surface area contributed by atoms with Crippen molar-refractivity contribution in [1.29, 1.82) is 0 Å². The number of sulfonamides is 1. The molecule has 9 heteroatoms. The highest BCUT2D eigenvalue weighted by atomic mass is 35.5. The topological polar surface area (TPSA) is 84.0 Å². The lowest BCUT2D eigenvalue weighted by Crippen LogP contribution is -2.38. The van der Waals surface area contributed by atoms with E-state index in [1.165, 1.54) is 29.6 Å². The summed E-state index contributed by atoms with van der Waals surface area (Å²) in [7, 11) is -2.44. The second kappa shape index (κ2) is 10.6. The molecule has 0 unspecified atom stereocenters.